The van der Waals surface area contributed by atoms with E-state index in [1.54, 1.807) is 27.7 Å². The van der Waals surface area contributed by atoms with Gasteiger partial charge in [-0.25, -0.2) is 9.78 Å². The predicted octanol–water partition coefficient (Wildman–Crippen LogP) is 2.41. The van der Waals surface area contributed by atoms with Crippen LogP contribution in [-0.2, 0) is 9.53 Å². The summed E-state index contributed by atoms with van der Waals surface area (Å²) in [5.41, 5.74) is -0.848. The van der Waals surface area contributed by atoms with Crippen molar-refractivity contribution in [2.45, 2.75) is 27.7 Å². The largest absolute Gasteiger partial charge is 0.462 e. The lowest BCUT2D eigenvalue weighted by Gasteiger charge is -2.25. The highest BCUT2D eigenvalue weighted by molar-refractivity contribution is 5.96. The second kappa shape index (κ2) is 5.98. The van der Waals surface area contributed by atoms with Gasteiger partial charge in [-0.2, -0.15) is 4.39 Å². The van der Waals surface area contributed by atoms with Crippen molar-refractivity contribution in [2.24, 2.45) is 5.41 Å². The molecule has 0 saturated carbocycles. The van der Waals surface area contributed by atoms with E-state index in [0.29, 0.717) is 0 Å². The first kappa shape index (κ1) is 16.1. The number of esters is 1. The summed E-state index contributed by atoms with van der Waals surface area (Å²) in [6.45, 7) is 7.06. The molecule has 6 heteroatoms. The van der Waals surface area contributed by atoms with Gasteiger partial charge in [0, 0.05) is 12.5 Å². The number of nitrogens with zero attached hydrogens (tertiary/aromatic N) is 2. The minimum atomic E-state index is -0.950. The maximum absolute atomic E-state index is 13.8. The van der Waals surface area contributed by atoms with Crippen LogP contribution in [0.15, 0.2) is 12.1 Å². The quantitative estimate of drug-likeness (QED) is 0.631. The highest BCUT2D eigenvalue weighted by Crippen LogP contribution is 2.21. The Hall–Kier alpha value is -1.98. The first-order valence-corrected chi connectivity index (χ1v) is 6.30. The molecule has 0 bridgehead atoms. The van der Waals surface area contributed by atoms with E-state index in [9.17, 15) is 14.0 Å². The third-order valence-corrected chi connectivity index (χ3v) is 2.62. The Morgan fingerprint density at radius 3 is 2.40 bits per heavy atom. The summed E-state index contributed by atoms with van der Waals surface area (Å²) < 4.78 is 18.5. The third kappa shape index (κ3) is 3.53. The molecule has 0 spiro atoms. The van der Waals surface area contributed by atoms with Gasteiger partial charge >= 0.3 is 5.97 Å². The number of anilines is 1. The van der Waals surface area contributed by atoms with Crippen molar-refractivity contribution in [1.29, 1.82) is 0 Å². The van der Waals surface area contributed by atoms with Gasteiger partial charge in [0.05, 0.1) is 6.61 Å². The van der Waals surface area contributed by atoms with Gasteiger partial charge < -0.3 is 4.74 Å². The Morgan fingerprint density at radius 2 is 1.95 bits per heavy atom. The minimum absolute atomic E-state index is 0.149. The van der Waals surface area contributed by atoms with Crippen molar-refractivity contribution in [3.8, 4) is 0 Å². The maximum atomic E-state index is 13.8. The lowest BCUT2D eigenvalue weighted by atomic mass is 9.95. The first-order valence-electron chi connectivity index (χ1n) is 6.30. The van der Waals surface area contributed by atoms with E-state index < -0.39 is 17.3 Å². The average molecular weight is 282 g/mol. The fourth-order valence-corrected chi connectivity index (χ4v) is 1.58. The molecule has 1 heterocycles. The number of carbonyl (C=O) groups is 2. The first-order chi connectivity index (χ1) is 9.18. The molecular formula is C14H19FN2O3. The van der Waals surface area contributed by atoms with Gasteiger partial charge in [-0.15, -0.1) is 0 Å². The zero-order chi connectivity index (χ0) is 15.5. The van der Waals surface area contributed by atoms with E-state index in [4.69, 9.17) is 4.74 Å². The minimum Gasteiger partial charge on any atom is -0.462 e. The molecule has 0 atom stereocenters. The molecule has 0 aliphatic rings. The Morgan fingerprint density at radius 1 is 1.35 bits per heavy atom. The van der Waals surface area contributed by atoms with Gasteiger partial charge in [0.2, 0.25) is 11.9 Å². The van der Waals surface area contributed by atoms with Crippen molar-refractivity contribution < 1.29 is 18.7 Å². The van der Waals surface area contributed by atoms with Crippen LogP contribution in [0, 0.1) is 11.4 Å². The monoisotopic (exact) mass is 282 g/mol. The van der Waals surface area contributed by atoms with Crippen LogP contribution in [0.25, 0.3) is 0 Å². The van der Waals surface area contributed by atoms with Gasteiger partial charge in [0.15, 0.2) is 0 Å². The molecule has 1 rings (SSSR count). The number of carbonyl (C=O) groups excluding carboxylic acids is 2. The van der Waals surface area contributed by atoms with Crippen molar-refractivity contribution in [3.05, 3.63) is 23.6 Å². The fraction of sp³-hybridized carbons (Fsp3) is 0.500. The SMILES string of the molecule is CCOC(=O)c1ccc(N(C)C(=O)C(C)(C)C)nc1F. The molecule has 1 aromatic rings. The van der Waals surface area contributed by atoms with E-state index in [0.717, 1.165) is 0 Å². The van der Waals surface area contributed by atoms with Crippen LogP contribution >= 0.6 is 0 Å². The predicted molar refractivity (Wildman–Crippen MR) is 73.0 cm³/mol. The van der Waals surface area contributed by atoms with Gasteiger partial charge in [-0.05, 0) is 19.1 Å². The fourth-order valence-electron chi connectivity index (χ4n) is 1.58. The summed E-state index contributed by atoms with van der Waals surface area (Å²) in [5, 5.41) is 0. The molecule has 0 fully saturated rings. The topological polar surface area (TPSA) is 59.5 Å². The normalized spacial score (nSPS) is 11.1. The van der Waals surface area contributed by atoms with E-state index >= 15 is 0 Å². The molecule has 0 saturated heterocycles. The molecular weight excluding hydrogens is 263 g/mol. The number of pyridine rings is 1. The summed E-state index contributed by atoms with van der Waals surface area (Å²) in [6, 6.07) is 2.68. The second-order valence-electron chi connectivity index (χ2n) is 5.34. The Labute approximate surface area is 117 Å². The van der Waals surface area contributed by atoms with Crippen LogP contribution in [0.2, 0.25) is 0 Å². The van der Waals surface area contributed by atoms with Crippen LogP contribution in [0.3, 0.4) is 0 Å². The molecule has 1 aromatic heterocycles. The molecule has 20 heavy (non-hydrogen) atoms. The summed E-state index contributed by atoms with van der Waals surface area (Å²) in [7, 11) is 1.51. The summed E-state index contributed by atoms with van der Waals surface area (Å²) in [6.07, 6.45) is 0. The van der Waals surface area contributed by atoms with Gasteiger partial charge in [-0.1, -0.05) is 20.8 Å². The lowest BCUT2D eigenvalue weighted by Crippen LogP contribution is -2.37. The Balaban J connectivity index is 3.04. The molecule has 1 amide bonds. The van der Waals surface area contributed by atoms with Crippen LogP contribution in [-0.4, -0.2) is 30.5 Å². The Kier molecular flexibility index (Phi) is 4.81. The zero-order valence-electron chi connectivity index (χ0n) is 12.4. The average Bonchev–Trinajstić information content (AvgIpc) is 2.35. The molecule has 0 aliphatic heterocycles. The zero-order valence-corrected chi connectivity index (χ0v) is 12.4. The smallest absolute Gasteiger partial charge is 0.342 e. The number of amides is 1. The highest BCUT2D eigenvalue weighted by atomic mass is 19.1. The van der Waals surface area contributed by atoms with Crippen molar-refractivity contribution in [1.82, 2.24) is 4.98 Å². The number of aromatic nitrogens is 1. The van der Waals surface area contributed by atoms with Crippen LogP contribution in [0.5, 0.6) is 0 Å². The standard InChI is InChI=1S/C14H19FN2O3/c1-6-20-12(18)9-7-8-10(16-11(9)15)17(5)13(19)14(2,3)4/h7-8H,6H2,1-5H3. The number of hydrogen-bond donors (Lipinski definition) is 0. The maximum Gasteiger partial charge on any atom is 0.342 e. The third-order valence-electron chi connectivity index (χ3n) is 2.62. The number of hydrogen-bond acceptors (Lipinski definition) is 4. The van der Waals surface area contributed by atoms with E-state index in [1.165, 1.54) is 24.1 Å². The Bertz CT molecular complexity index is 524. The van der Waals surface area contributed by atoms with Crippen molar-refractivity contribution >= 4 is 17.7 Å². The van der Waals surface area contributed by atoms with Crippen LogP contribution < -0.4 is 4.90 Å². The lowest BCUT2D eigenvalue weighted by molar-refractivity contribution is -0.125. The molecule has 110 valence electrons. The second-order valence-corrected chi connectivity index (χ2v) is 5.34. The van der Waals surface area contributed by atoms with Crippen molar-refractivity contribution in [3.63, 3.8) is 0 Å². The number of halogens is 1. The molecule has 0 unspecified atom stereocenters. The van der Waals surface area contributed by atoms with E-state index in [-0.39, 0.29) is 23.9 Å². The number of rotatable bonds is 3. The van der Waals surface area contributed by atoms with E-state index in [1.807, 2.05) is 0 Å². The molecule has 0 aliphatic carbocycles. The molecule has 0 radical (unpaired) electrons. The number of ether oxygens (including phenoxy) is 1. The molecule has 0 aromatic carbocycles. The van der Waals surface area contributed by atoms with Gasteiger partial charge in [0.25, 0.3) is 0 Å². The summed E-state index contributed by atoms with van der Waals surface area (Å²) in [5.74, 6) is -1.77. The van der Waals surface area contributed by atoms with Crippen molar-refractivity contribution in [2.75, 3.05) is 18.6 Å². The molecule has 0 N–H and O–H groups in total. The van der Waals surface area contributed by atoms with Gasteiger partial charge in [-0.3, -0.25) is 9.69 Å². The van der Waals surface area contributed by atoms with E-state index in [2.05, 4.69) is 4.98 Å². The van der Waals surface area contributed by atoms with Crippen LogP contribution in [0.1, 0.15) is 38.1 Å². The highest BCUT2D eigenvalue weighted by Gasteiger charge is 2.27. The summed E-state index contributed by atoms with van der Waals surface area (Å²) in [4.78, 5) is 28.4. The van der Waals surface area contributed by atoms with Gasteiger partial charge in [0.1, 0.15) is 11.4 Å². The molecule has 5 nitrogen and oxygen atoms in total. The van der Waals surface area contributed by atoms with Crippen LogP contribution in [0.4, 0.5) is 10.2 Å². The summed E-state index contributed by atoms with van der Waals surface area (Å²) >= 11 is 0.